The molecule has 128 valence electrons. The van der Waals surface area contributed by atoms with E-state index in [-0.39, 0.29) is 5.82 Å². The highest BCUT2D eigenvalue weighted by atomic mass is 16.1. The number of nitrogens with zero attached hydrogens (tertiary/aromatic N) is 6. The molecular weight excluding hydrogens is 316 g/mol. The predicted octanol–water partition coefficient (Wildman–Crippen LogP) is 2.62. The quantitative estimate of drug-likeness (QED) is 0.684. The van der Waals surface area contributed by atoms with Crippen LogP contribution in [0.4, 0.5) is 5.82 Å². The number of fused-ring (bicyclic) bond motifs is 1. The summed E-state index contributed by atoms with van der Waals surface area (Å²) in [7, 11) is 1.88. The van der Waals surface area contributed by atoms with Gasteiger partial charge in [-0.05, 0) is 31.0 Å². The van der Waals surface area contributed by atoms with Gasteiger partial charge in [-0.2, -0.15) is 5.10 Å². The molecule has 0 aliphatic carbocycles. The minimum atomic E-state index is 0.158. The normalized spacial score (nSPS) is 15.3. The van der Waals surface area contributed by atoms with Crippen molar-refractivity contribution in [3.05, 3.63) is 30.2 Å². The maximum atomic E-state index is 10.9. The van der Waals surface area contributed by atoms with Crippen LogP contribution in [0.5, 0.6) is 0 Å². The third-order valence-electron chi connectivity index (χ3n) is 4.62. The second-order valence-corrected chi connectivity index (χ2v) is 6.33. The van der Waals surface area contributed by atoms with E-state index in [1.54, 1.807) is 16.9 Å². The molecule has 1 fully saturated rings. The number of pyridine rings is 1. The molecule has 1 aliphatic heterocycles. The van der Waals surface area contributed by atoms with Gasteiger partial charge in [0.2, 0.25) is 0 Å². The van der Waals surface area contributed by atoms with E-state index < -0.39 is 0 Å². The molecule has 3 aromatic rings. The lowest BCUT2D eigenvalue weighted by molar-refractivity contribution is 0.111. The highest BCUT2D eigenvalue weighted by Gasteiger charge is 2.17. The van der Waals surface area contributed by atoms with Gasteiger partial charge in [0.1, 0.15) is 11.5 Å². The lowest BCUT2D eigenvalue weighted by Gasteiger charge is -2.21. The van der Waals surface area contributed by atoms with Crippen LogP contribution in [0.1, 0.15) is 36.3 Å². The topological polar surface area (TPSA) is 76.8 Å². The van der Waals surface area contributed by atoms with Crippen LogP contribution < -0.4 is 4.90 Å². The van der Waals surface area contributed by atoms with E-state index in [2.05, 4.69) is 26.0 Å². The van der Waals surface area contributed by atoms with Crippen LogP contribution >= 0.6 is 0 Å². The number of aryl methyl sites for hydroxylation is 1. The maximum Gasteiger partial charge on any atom is 0.193 e. The van der Waals surface area contributed by atoms with Crippen molar-refractivity contribution in [2.45, 2.75) is 25.7 Å². The monoisotopic (exact) mass is 336 g/mol. The number of hydrogen-bond donors (Lipinski definition) is 0. The fourth-order valence-electron chi connectivity index (χ4n) is 3.35. The highest BCUT2D eigenvalue weighted by Crippen LogP contribution is 2.28. The molecule has 0 radical (unpaired) electrons. The van der Waals surface area contributed by atoms with Crippen LogP contribution in [0, 0.1) is 0 Å². The van der Waals surface area contributed by atoms with E-state index >= 15 is 0 Å². The van der Waals surface area contributed by atoms with Crippen molar-refractivity contribution in [1.29, 1.82) is 0 Å². The minimum Gasteiger partial charge on any atom is -0.357 e. The van der Waals surface area contributed by atoms with Crippen molar-refractivity contribution < 1.29 is 4.79 Å². The van der Waals surface area contributed by atoms with E-state index in [1.807, 2.05) is 13.1 Å². The van der Waals surface area contributed by atoms with Gasteiger partial charge in [-0.1, -0.05) is 12.8 Å². The summed E-state index contributed by atoms with van der Waals surface area (Å²) in [6.07, 6.45) is 7.23. The van der Waals surface area contributed by atoms with Crippen LogP contribution in [0.25, 0.3) is 22.4 Å². The van der Waals surface area contributed by atoms with Crippen LogP contribution in [-0.4, -0.2) is 44.1 Å². The second-order valence-electron chi connectivity index (χ2n) is 6.33. The summed E-state index contributed by atoms with van der Waals surface area (Å²) < 4.78 is 1.77. The smallest absolute Gasteiger partial charge is 0.193 e. The summed E-state index contributed by atoms with van der Waals surface area (Å²) in [5.41, 5.74) is 2.17. The lowest BCUT2D eigenvalue weighted by atomic mass is 10.2. The summed E-state index contributed by atoms with van der Waals surface area (Å²) >= 11 is 0. The van der Waals surface area contributed by atoms with E-state index in [1.165, 1.54) is 25.7 Å². The predicted molar refractivity (Wildman–Crippen MR) is 95.6 cm³/mol. The van der Waals surface area contributed by atoms with Crippen molar-refractivity contribution in [1.82, 2.24) is 24.7 Å². The molecule has 4 rings (SSSR count). The van der Waals surface area contributed by atoms with E-state index in [0.717, 1.165) is 35.6 Å². The molecule has 3 aromatic heterocycles. The Morgan fingerprint density at radius 1 is 1.04 bits per heavy atom. The number of rotatable bonds is 3. The van der Waals surface area contributed by atoms with Gasteiger partial charge in [0.15, 0.2) is 17.8 Å². The Morgan fingerprint density at radius 3 is 2.60 bits per heavy atom. The van der Waals surface area contributed by atoms with E-state index in [9.17, 15) is 4.79 Å². The SMILES string of the molecule is Cn1nc(-c2ccnc(C=O)n2)c2ccc(N3CCCCCC3)nc21. The molecule has 0 saturated carbocycles. The number of carbonyl (C=O) groups is 1. The molecule has 1 saturated heterocycles. The van der Waals surface area contributed by atoms with Crippen molar-refractivity contribution >= 4 is 23.1 Å². The Labute approximate surface area is 145 Å². The molecule has 0 aromatic carbocycles. The summed E-state index contributed by atoms with van der Waals surface area (Å²) in [6, 6.07) is 5.87. The molecule has 25 heavy (non-hydrogen) atoms. The Morgan fingerprint density at radius 2 is 1.84 bits per heavy atom. The van der Waals surface area contributed by atoms with Gasteiger partial charge in [-0.3, -0.25) is 4.79 Å². The molecule has 0 bridgehead atoms. The average Bonchev–Trinajstić information content (AvgIpc) is 2.83. The number of carbonyl (C=O) groups excluding carboxylic acids is 1. The van der Waals surface area contributed by atoms with E-state index in [4.69, 9.17) is 4.98 Å². The second kappa shape index (κ2) is 6.58. The molecule has 0 amide bonds. The lowest BCUT2D eigenvalue weighted by Crippen LogP contribution is -2.24. The first kappa shape index (κ1) is 15.7. The van der Waals surface area contributed by atoms with Gasteiger partial charge in [0, 0.05) is 31.7 Å². The van der Waals surface area contributed by atoms with Gasteiger partial charge in [-0.25, -0.2) is 19.6 Å². The molecule has 0 N–H and O–H groups in total. The zero-order valence-corrected chi connectivity index (χ0v) is 14.2. The summed E-state index contributed by atoms with van der Waals surface area (Å²) in [6.45, 7) is 2.11. The molecule has 4 heterocycles. The number of anilines is 1. The Hall–Kier alpha value is -2.83. The van der Waals surface area contributed by atoms with Crippen LogP contribution in [-0.2, 0) is 7.05 Å². The zero-order chi connectivity index (χ0) is 17.2. The Balaban J connectivity index is 1.77. The summed E-state index contributed by atoms with van der Waals surface area (Å²) in [4.78, 5) is 26.3. The average molecular weight is 336 g/mol. The van der Waals surface area contributed by atoms with Gasteiger partial charge >= 0.3 is 0 Å². The fraction of sp³-hybridized carbons (Fsp3) is 0.389. The maximum absolute atomic E-state index is 10.9. The fourth-order valence-corrected chi connectivity index (χ4v) is 3.35. The molecule has 0 spiro atoms. The van der Waals surface area contributed by atoms with Crippen LogP contribution in [0.3, 0.4) is 0 Å². The summed E-state index contributed by atoms with van der Waals surface area (Å²) in [5.74, 6) is 1.16. The summed E-state index contributed by atoms with van der Waals surface area (Å²) in [5, 5.41) is 5.50. The zero-order valence-electron chi connectivity index (χ0n) is 14.2. The van der Waals surface area contributed by atoms with Crippen molar-refractivity contribution in [2.24, 2.45) is 7.05 Å². The van der Waals surface area contributed by atoms with Crippen LogP contribution in [0.2, 0.25) is 0 Å². The Kier molecular flexibility index (Phi) is 4.13. The van der Waals surface area contributed by atoms with E-state index in [0.29, 0.717) is 12.0 Å². The highest BCUT2D eigenvalue weighted by molar-refractivity contribution is 5.91. The number of aromatic nitrogens is 5. The largest absolute Gasteiger partial charge is 0.357 e. The molecule has 0 atom stereocenters. The third kappa shape index (κ3) is 2.97. The standard InChI is InChI=1S/C18H20N6O/c1-23-18-13(17(22-23)14-8-9-19-15(12-25)20-14)6-7-16(21-18)24-10-4-2-3-5-11-24/h6-9,12H,2-5,10-11H2,1H3. The first-order valence-electron chi connectivity index (χ1n) is 8.63. The van der Waals surface area contributed by atoms with Gasteiger partial charge < -0.3 is 4.90 Å². The molecule has 7 nitrogen and oxygen atoms in total. The van der Waals surface area contributed by atoms with Crippen molar-refractivity contribution in [3.8, 4) is 11.4 Å². The first-order valence-corrected chi connectivity index (χ1v) is 8.63. The number of hydrogen-bond acceptors (Lipinski definition) is 6. The van der Waals surface area contributed by atoms with Gasteiger partial charge in [0.25, 0.3) is 0 Å². The molecule has 0 unspecified atom stereocenters. The van der Waals surface area contributed by atoms with Crippen LogP contribution in [0.15, 0.2) is 24.4 Å². The minimum absolute atomic E-state index is 0.158. The van der Waals surface area contributed by atoms with Crippen molar-refractivity contribution in [3.63, 3.8) is 0 Å². The molecule has 1 aliphatic rings. The van der Waals surface area contributed by atoms with Crippen molar-refractivity contribution in [2.75, 3.05) is 18.0 Å². The molecular formula is C18H20N6O. The van der Waals surface area contributed by atoms with Gasteiger partial charge in [-0.15, -0.1) is 0 Å². The first-order chi connectivity index (χ1) is 12.3. The Bertz CT molecular complexity index is 911. The molecule has 7 heteroatoms. The third-order valence-corrected chi connectivity index (χ3v) is 4.62. The number of aldehydes is 1. The van der Waals surface area contributed by atoms with Gasteiger partial charge in [0.05, 0.1) is 5.69 Å².